The fourth-order valence-electron chi connectivity index (χ4n) is 3.78. The number of carbonyl (C=O) groups is 3. The van der Waals surface area contributed by atoms with Crippen molar-refractivity contribution in [1.29, 1.82) is 0 Å². The maximum Gasteiger partial charge on any atom is 0.326 e. The minimum Gasteiger partial charge on any atom is -0.497 e. The van der Waals surface area contributed by atoms with E-state index in [1.54, 1.807) is 27.9 Å². The molecule has 0 saturated carbocycles. The lowest BCUT2D eigenvalue weighted by Crippen LogP contribution is -2.53. The van der Waals surface area contributed by atoms with Crippen molar-refractivity contribution in [2.24, 2.45) is 11.3 Å². The van der Waals surface area contributed by atoms with E-state index in [-0.39, 0.29) is 5.92 Å². The SMILES string of the molecule is COc1ccc(CCCCC2CCN(C(=O)C(=O)C(C)(C)C)C(C(=O)O)C2)cc1. The first kappa shape index (κ1) is 22.9. The Balaban J connectivity index is 1.84. The second-order valence-corrected chi connectivity index (χ2v) is 8.92. The predicted molar refractivity (Wildman–Crippen MR) is 111 cm³/mol. The number of amides is 1. The van der Waals surface area contributed by atoms with E-state index in [1.807, 2.05) is 12.1 Å². The molecule has 1 amide bonds. The summed E-state index contributed by atoms with van der Waals surface area (Å²) in [7, 11) is 1.65. The van der Waals surface area contributed by atoms with E-state index in [4.69, 9.17) is 4.74 Å². The molecule has 6 heteroatoms. The van der Waals surface area contributed by atoms with Crippen molar-refractivity contribution in [2.45, 2.75) is 65.3 Å². The van der Waals surface area contributed by atoms with Crippen LogP contribution in [0.25, 0.3) is 0 Å². The summed E-state index contributed by atoms with van der Waals surface area (Å²) < 4.78 is 5.17. The third kappa shape index (κ3) is 6.31. The van der Waals surface area contributed by atoms with Gasteiger partial charge in [-0.3, -0.25) is 9.59 Å². The third-order valence-corrected chi connectivity index (χ3v) is 5.62. The van der Waals surface area contributed by atoms with E-state index in [0.29, 0.717) is 13.0 Å². The number of carbonyl (C=O) groups excluding carboxylic acids is 2. The number of ketones is 1. The van der Waals surface area contributed by atoms with E-state index in [1.165, 1.54) is 10.5 Å². The van der Waals surface area contributed by atoms with Crippen LogP contribution in [0.4, 0.5) is 0 Å². The van der Waals surface area contributed by atoms with Gasteiger partial charge in [-0.25, -0.2) is 4.79 Å². The van der Waals surface area contributed by atoms with E-state index >= 15 is 0 Å². The van der Waals surface area contributed by atoms with Crippen LogP contribution < -0.4 is 4.74 Å². The zero-order chi connectivity index (χ0) is 21.6. The molecule has 1 aromatic carbocycles. The van der Waals surface area contributed by atoms with Crippen molar-refractivity contribution in [3.8, 4) is 5.75 Å². The molecule has 0 aromatic heterocycles. The molecule has 1 fully saturated rings. The number of hydrogen-bond acceptors (Lipinski definition) is 4. The number of hydrogen-bond donors (Lipinski definition) is 1. The molecule has 1 aliphatic rings. The quantitative estimate of drug-likeness (QED) is 0.528. The number of piperidine rings is 1. The molecular weight excluding hydrogens is 370 g/mol. The molecule has 2 atom stereocenters. The highest BCUT2D eigenvalue weighted by molar-refractivity contribution is 6.38. The van der Waals surface area contributed by atoms with Gasteiger partial charge in [0.25, 0.3) is 5.91 Å². The Bertz CT molecular complexity index is 720. The third-order valence-electron chi connectivity index (χ3n) is 5.62. The smallest absolute Gasteiger partial charge is 0.326 e. The number of nitrogens with zero attached hydrogens (tertiary/aromatic N) is 1. The molecule has 1 saturated heterocycles. The summed E-state index contributed by atoms with van der Waals surface area (Å²) in [5, 5.41) is 9.61. The van der Waals surface area contributed by atoms with Gasteiger partial charge in [0, 0.05) is 12.0 Å². The number of unbranched alkanes of at least 4 members (excludes halogenated alkanes) is 1. The zero-order valence-electron chi connectivity index (χ0n) is 17.9. The number of carboxylic acid groups (broad SMARTS) is 1. The van der Waals surface area contributed by atoms with Gasteiger partial charge in [-0.15, -0.1) is 0 Å². The molecule has 29 heavy (non-hydrogen) atoms. The number of carboxylic acids is 1. The van der Waals surface area contributed by atoms with E-state index < -0.39 is 29.1 Å². The molecule has 1 aliphatic heterocycles. The van der Waals surface area contributed by atoms with Crippen LogP contribution in [0.3, 0.4) is 0 Å². The Labute approximate surface area is 173 Å². The van der Waals surface area contributed by atoms with Crippen molar-refractivity contribution in [2.75, 3.05) is 13.7 Å². The van der Waals surface area contributed by atoms with Crippen LogP contribution in [-0.2, 0) is 20.8 Å². The molecule has 1 heterocycles. The second-order valence-electron chi connectivity index (χ2n) is 8.92. The Morgan fingerprint density at radius 1 is 1.14 bits per heavy atom. The number of benzene rings is 1. The largest absolute Gasteiger partial charge is 0.497 e. The van der Waals surface area contributed by atoms with Crippen molar-refractivity contribution < 1.29 is 24.2 Å². The lowest BCUT2D eigenvalue weighted by atomic mass is 9.84. The van der Waals surface area contributed by atoms with Crippen molar-refractivity contribution in [3.05, 3.63) is 29.8 Å². The average Bonchev–Trinajstić information content (AvgIpc) is 2.69. The van der Waals surface area contributed by atoms with Gasteiger partial charge in [0.15, 0.2) is 0 Å². The summed E-state index contributed by atoms with van der Waals surface area (Å²) in [6.45, 7) is 5.37. The maximum atomic E-state index is 12.5. The number of rotatable bonds is 8. The Kier molecular flexibility index (Phi) is 7.82. The topological polar surface area (TPSA) is 83.9 Å². The zero-order valence-corrected chi connectivity index (χ0v) is 17.9. The summed E-state index contributed by atoms with van der Waals surface area (Å²) in [4.78, 5) is 37.8. The first-order chi connectivity index (χ1) is 13.6. The van der Waals surface area contributed by atoms with Crippen LogP contribution in [0.1, 0.15) is 58.4 Å². The Morgan fingerprint density at radius 2 is 1.79 bits per heavy atom. The van der Waals surface area contributed by atoms with Crippen molar-refractivity contribution in [3.63, 3.8) is 0 Å². The monoisotopic (exact) mass is 403 g/mol. The molecule has 1 aromatic rings. The van der Waals surface area contributed by atoms with Gasteiger partial charge in [-0.05, 0) is 49.3 Å². The summed E-state index contributed by atoms with van der Waals surface area (Å²) >= 11 is 0. The Morgan fingerprint density at radius 3 is 2.34 bits per heavy atom. The fourth-order valence-corrected chi connectivity index (χ4v) is 3.78. The number of aryl methyl sites for hydroxylation is 1. The van der Waals surface area contributed by atoms with Crippen LogP contribution >= 0.6 is 0 Å². The first-order valence-electron chi connectivity index (χ1n) is 10.3. The number of Topliss-reactive ketones (excluding diaryl/α,β-unsaturated/α-hetero) is 1. The van der Waals surface area contributed by atoms with E-state index in [9.17, 15) is 19.5 Å². The number of ether oxygens (including phenoxy) is 1. The molecule has 0 bridgehead atoms. The molecule has 6 nitrogen and oxygen atoms in total. The predicted octanol–water partition coefficient (Wildman–Crippen LogP) is 3.72. The summed E-state index contributed by atoms with van der Waals surface area (Å²) in [6, 6.07) is 7.14. The number of likely N-dealkylation sites (tertiary alicyclic amines) is 1. The lowest BCUT2D eigenvalue weighted by molar-refractivity contribution is -0.158. The standard InChI is InChI=1S/C23H33NO5/c1-23(2,3)20(25)21(26)24-14-13-17(15-19(24)22(27)28)8-6-5-7-16-9-11-18(29-4)12-10-16/h9-12,17,19H,5-8,13-15H2,1-4H3,(H,27,28). The van der Waals surface area contributed by atoms with Gasteiger partial charge >= 0.3 is 5.97 Å². The summed E-state index contributed by atoms with van der Waals surface area (Å²) in [5.74, 6) is -1.10. The molecule has 2 unspecified atom stereocenters. The molecule has 2 rings (SSSR count). The second kappa shape index (κ2) is 9.90. The minimum atomic E-state index is -1.03. The lowest BCUT2D eigenvalue weighted by Gasteiger charge is -2.37. The van der Waals surface area contributed by atoms with Crippen LogP contribution in [0.2, 0.25) is 0 Å². The van der Waals surface area contributed by atoms with E-state index in [0.717, 1.165) is 37.9 Å². The highest BCUT2D eigenvalue weighted by Gasteiger charge is 2.40. The molecular formula is C23H33NO5. The molecule has 1 N–H and O–H groups in total. The summed E-state index contributed by atoms with van der Waals surface area (Å²) in [5.41, 5.74) is 0.452. The highest BCUT2D eigenvalue weighted by Crippen LogP contribution is 2.29. The number of aliphatic carboxylic acids is 1. The molecule has 160 valence electrons. The molecule has 0 radical (unpaired) electrons. The van der Waals surface area contributed by atoms with Crippen molar-refractivity contribution >= 4 is 17.7 Å². The summed E-state index contributed by atoms with van der Waals surface area (Å²) in [6.07, 6.45) is 5.12. The number of methoxy groups -OCH3 is 1. The van der Waals surface area contributed by atoms with Crippen LogP contribution in [0.15, 0.2) is 24.3 Å². The Hall–Kier alpha value is -2.37. The normalized spacial score (nSPS) is 19.7. The van der Waals surface area contributed by atoms with Crippen molar-refractivity contribution in [1.82, 2.24) is 4.90 Å². The van der Waals surface area contributed by atoms with Crippen LogP contribution in [-0.4, -0.2) is 47.4 Å². The van der Waals surface area contributed by atoms with Gasteiger partial charge in [0.1, 0.15) is 11.8 Å². The van der Waals surface area contributed by atoms with E-state index in [2.05, 4.69) is 12.1 Å². The highest BCUT2D eigenvalue weighted by atomic mass is 16.5. The molecule has 0 spiro atoms. The molecule has 0 aliphatic carbocycles. The average molecular weight is 404 g/mol. The van der Waals surface area contributed by atoms with Gasteiger partial charge in [0.2, 0.25) is 5.78 Å². The van der Waals surface area contributed by atoms with Gasteiger partial charge in [0.05, 0.1) is 7.11 Å². The van der Waals surface area contributed by atoms with Gasteiger partial charge < -0.3 is 14.7 Å². The first-order valence-corrected chi connectivity index (χ1v) is 10.3. The minimum absolute atomic E-state index is 0.265. The van der Waals surface area contributed by atoms with Crippen LogP contribution in [0.5, 0.6) is 5.75 Å². The maximum absolute atomic E-state index is 12.5. The van der Waals surface area contributed by atoms with Crippen LogP contribution in [0, 0.1) is 11.3 Å². The van der Waals surface area contributed by atoms with Gasteiger partial charge in [-0.2, -0.15) is 0 Å². The fraction of sp³-hybridized carbons (Fsp3) is 0.609. The van der Waals surface area contributed by atoms with Gasteiger partial charge in [-0.1, -0.05) is 45.7 Å².